The monoisotopic (exact) mass is 433 g/mol. The second-order valence-corrected chi connectivity index (χ2v) is 8.04. The number of halogens is 3. The van der Waals surface area contributed by atoms with Crippen LogP contribution in [0.5, 0.6) is 0 Å². The van der Waals surface area contributed by atoms with Crippen molar-refractivity contribution in [3.63, 3.8) is 0 Å². The highest BCUT2D eigenvalue weighted by Gasteiger charge is 2.34. The third-order valence-corrected chi connectivity index (χ3v) is 5.65. The summed E-state index contributed by atoms with van der Waals surface area (Å²) in [6, 6.07) is 8.79. The van der Waals surface area contributed by atoms with E-state index in [1.165, 1.54) is 12.1 Å². The number of anilines is 1. The number of terminal acetylenes is 1. The molecule has 4 nitrogen and oxygen atoms in total. The molecule has 3 rings (SSSR count). The standard InChI is InChI=1S/C22H23F3N3OP/c1-3-16-12-17(5-4-15(16)2)21(29)26-19-7-6-18(20(13-19)22(23,24)25)14-27-8-10-28(30)11-9-27/h1,4-7,12-13H,8-11,14,30H2,2H3,(H,26,29). The zero-order chi connectivity index (χ0) is 21.9. The van der Waals surface area contributed by atoms with Crippen LogP contribution in [0.15, 0.2) is 36.4 Å². The normalized spacial score (nSPS) is 15.6. The Labute approximate surface area is 176 Å². The van der Waals surface area contributed by atoms with Gasteiger partial charge in [0.15, 0.2) is 0 Å². The predicted octanol–water partition coefficient (Wildman–Crippen LogP) is 4.16. The second kappa shape index (κ2) is 9.18. The maximum absolute atomic E-state index is 13.7. The lowest BCUT2D eigenvalue weighted by molar-refractivity contribution is -0.138. The molecule has 1 amide bonds. The number of hydrogen-bond acceptors (Lipinski definition) is 3. The van der Waals surface area contributed by atoms with Crippen molar-refractivity contribution in [3.05, 3.63) is 64.2 Å². The van der Waals surface area contributed by atoms with Crippen LogP contribution in [0.1, 0.15) is 32.6 Å². The summed E-state index contributed by atoms with van der Waals surface area (Å²) in [5, 5.41) is 2.55. The number of alkyl halides is 3. The lowest BCUT2D eigenvalue weighted by Crippen LogP contribution is -2.41. The number of piperazine rings is 1. The summed E-state index contributed by atoms with van der Waals surface area (Å²) < 4.78 is 43.1. The van der Waals surface area contributed by atoms with E-state index >= 15 is 0 Å². The quantitative estimate of drug-likeness (QED) is 0.581. The first-order valence-electron chi connectivity index (χ1n) is 9.48. The molecule has 0 saturated carbocycles. The van der Waals surface area contributed by atoms with Crippen LogP contribution in [0.2, 0.25) is 0 Å². The Hall–Kier alpha value is -2.39. The van der Waals surface area contributed by atoms with Crippen LogP contribution in [0.4, 0.5) is 18.9 Å². The largest absolute Gasteiger partial charge is 0.416 e. The Bertz CT molecular complexity index is 977. The number of carbonyl (C=O) groups is 1. The molecule has 1 saturated heterocycles. The maximum atomic E-state index is 13.7. The number of nitrogens with zero attached hydrogens (tertiary/aromatic N) is 2. The van der Waals surface area contributed by atoms with E-state index in [2.05, 4.69) is 25.3 Å². The lowest BCUT2D eigenvalue weighted by atomic mass is 10.0. The van der Waals surface area contributed by atoms with Crippen molar-refractivity contribution in [2.75, 3.05) is 31.5 Å². The third-order valence-electron chi connectivity index (χ3n) is 5.13. The van der Waals surface area contributed by atoms with E-state index in [4.69, 9.17) is 6.42 Å². The number of amides is 1. The lowest BCUT2D eigenvalue weighted by Gasteiger charge is -2.32. The van der Waals surface area contributed by atoms with Gasteiger partial charge in [-0.25, -0.2) is 0 Å². The number of benzene rings is 2. The molecule has 2 aromatic rings. The molecule has 1 unspecified atom stereocenters. The molecule has 1 heterocycles. The van der Waals surface area contributed by atoms with Gasteiger partial charge in [0.2, 0.25) is 0 Å². The first kappa shape index (κ1) is 22.3. The Balaban J connectivity index is 1.81. The maximum Gasteiger partial charge on any atom is 0.416 e. The molecule has 1 aliphatic heterocycles. The van der Waals surface area contributed by atoms with Gasteiger partial charge in [0.25, 0.3) is 5.91 Å². The summed E-state index contributed by atoms with van der Waals surface area (Å²) >= 11 is 0. The van der Waals surface area contributed by atoms with Gasteiger partial charge in [-0.2, -0.15) is 13.2 Å². The third kappa shape index (κ3) is 5.40. The number of aryl methyl sites for hydroxylation is 1. The molecular weight excluding hydrogens is 410 g/mol. The number of carbonyl (C=O) groups excluding carboxylic acids is 1. The molecule has 0 aliphatic carbocycles. The summed E-state index contributed by atoms with van der Waals surface area (Å²) in [5.41, 5.74) is 1.26. The van der Waals surface area contributed by atoms with Crippen molar-refractivity contribution in [3.8, 4) is 12.3 Å². The molecule has 0 radical (unpaired) electrons. The number of nitrogens with one attached hydrogen (secondary N) is 1. The fraction of sp³-hybridized carbons (Fsp3) is 0.318. The molecule has 2 aromatic carbocycles. The Kier molecular flexibility index (Phi) is 6.82. The van der Waals surface area contributed by atoms with Gasteiger partial charge in [-0.05, 0) is 42.3 Å². The molecule has 30 heavy (non-hydrogen) atoms. The Morgan fingerprint density at radius 2 is 1.87 bits per heavy atom. The van der Waals surface area contributed by atoms with Crippen molar-refractivity contribution in [2.45, 2.75) is 19.6 Å². The summed E-state index contributed by atoms with van der Waals surface area (Å²) in [7, 11) is 2.61. The van der Waals surface area contributed by atoms with Gasteiger partial charge < -0.3 is 5.32 Å². The first-order chi connectivity index (χ1) is 14.2. The van der Waals surface area contributed by atoms with E-state index in [9.17, 15) is 18.0 Å². The van der Waals surface area contributed by atoms with Gasteiger partial charge in [-0.1, -0.05) is 27.4 Å². The summed E-state index contributed by atoms with van der Waals surface area (Å²) in [4.78, 5) is 14.5. The molecular formula is C22H23F3N3OP. The highest BCUT2D eigenvalue weighted by molar-refractivity contribution is 7.13. The Morgan fingerprint density at radius 3 is 2.50 bits per heavy atom. The van der Waals surface area contributed by atoms with Gasteiger partial charge in [0, 0.05) is 49.5 Å². The summed E-state index contributed by atoms with van der Waals surface area (Å²) in [5.74, 6) is 1.98. The first-order valence-corrected chi connectivity index (χ1v) is 10.00. The minimum Gasteiger partial charge on any atom is -0.322 e. The number of rotatable bonds is 4. The highest BCUT2D eigenvalue weighted by atomic mass is 31.0. The topological polar surface area (TPSA) is 35.6 Å². The van der Waals surface area contributed by atoms with E-state index in [1.54, 1.807) is 18.2 Å². The fourth-order valence-electron chi connectivity index (χ4n) is 3.34. The molecule has 1 fully saturated rings. The zero-order valence-corrected chi connectivity index (χ0v) is 17.7. The average Bonchev–Trinajstić information content (AvgIpc) is 2.70. The van der Waals surface area contributed by atoms with Crippen LogP contribution >= 0.6 is 9.39 Å². The van der Waals surface area contributed by atoms with Gasteiger partial charge in [-0.15, -0.1) is 6.42 Å². The predicted molar refractivity (Wildman–Crippen MR) is 115 cm³/mol. The summed E-state index contributed by atoms with van der Waals surface area (Å²) in [6.07, 6.45) is 0.912. The molecule has 1 atom stereocenters. The molecule has 0 bridgehead atoms. The van der Waals surface area contributed by atoms with Crippen LogP contribution < -0.4 is 5.32 Å². The van der Waals surface area contributed by atoms with E-state index in [-0.39, 0.29) is 17.8 Å². The van der Waals surface area contributed by atoms with Crippen LogP contribution in [0.3, 0.4) is 0 Å². The highest BCUT2D eigenvalue weighted by Crippen LogP contribution is 2.34. The van der Waals surface area contributed by atoms with Crippen LogP contribution in [0, 0.1) is 19.3 Å². The van der Waals surface area contributed by atoms with E-state index in [0.717, 1.165) is 24.7 Å². The van der Waals surface area contributed by atoms with Crippen molar-refractivity contribution in [2.24, 2.45) is 0 Å². The Morgan fingerprint density at radius 1 is 1.17 bits per heavy atom. The zero-order valence-electron chi connectivity index (χ0n) is 16.6. The van der Waals surface area contributed by atoms with Gasteiger partial charge in [-0.3, -0.25) is 14.4 Å². The van der Waals surface area contributed by atoms with Crippen molar-refractivity contribution in [1.29, 1.82) is 0 Å². The molecule has 0 spiro atoms. The fourth-order valence-corrected chi connectivity index (χ4v) is 3.57. The van der Waals surface area contributed by atoms with Crippen molar-refractivity contribution in [1.82, 2.24) is 9.57 Å². The van der Waals surface area contributed by atoms with Gasteiger partial charge in [0.1, 0.15) is 0 Å². The van der Waals surface area contributed by atoms with Crippen molar-refractivity contribution >= 4 is 21.0 Å². The van der Waals surface area contributed by atoms with Crippen molar-refractivity contribution < 1.29 is 18.0 Å². The molecule has 1 aliphatic rings. The second-order valence-electron chi connectivity index (χ2n) is 7.31. The van der Waals surface area contributed by atoms with E-state index in [0.29, 0.717) is 24.2 Å². The van der Waals surface area contributed by atoms with Gasteiger partial charge in [0.05, 0.1) is 5.56 Å². The van der Waals surface area contributed by atoms with E-state index < -0.39 is 17.6 Å². The summed E-state index contributed by atoms with van der Waals surface area (Å²) in [6.45, 7) is 5.01. The van der Waals surface area contributed by atoms with Crippen LogP contribution in [-0.4, -0.2) is 41.7 Å². The molecule has 8 heteroatoms. The number of hydrogen-bond donors (Lipinski definition) is 1. The van der Waals surface area contributed by atoms with Crippen LogP contribution in [-0.2, 0) is 12.7 Å². The smallest absolute Gasteiger partial charge is 0.322 e. The average molecular weight is 433 g/mol. The van der Waals surface area contributed by atoms with E-state index in [1.807, 2.05) is 11.8 Å². The molecule has 158 valence electrons. The molecule has 1 N–H and O–H groups in total. The SMILES string of the molecule is C#Cc1cc(C(=O)Nc2ccc(CN3CCN(P)CC3)c(C(F)(F)F)c2)ccc1C. The minimum atomic E-state index is -4.51. The van der Waals surface area contributed by atoms with Crippen LogP contribution in [0.25, 0.3) is 0 Å². The minimum absolute atomic E-state index is 0.0914. The molecule has 0 aromatic heterocycles. The van der Waals surface area contributed by atoms with Gasteiger partial charge >= 0.3 is 6.18 Å².